The molecule has 0 saturated carbocycles. The van der Waals surface area contributed by atoms with Crippen molar-refractivity contribution in [2.75, 3.05) is 11.9 Å². The van der Waals surface area contributed by atoms with Gasteiger partial charge in [-0.2, -0.15) is 0 Å². The Morgan fingerprint density at radius 1 is 1.23 bits per heavy atom. The Hall–Kier alpha value is -2.57. The number of nitrogens with one attached hydrogen (secondary N) is 1. The molecule has 0 unspecified atom stereocenters. The van der Waals surface area contributed by atoms with E-state index in [1.165, 1.54) is 22.5 Å². The van der Waals surface area contributed by atoms with Crippen LogP contribution in [0.15, 0.2) is 48.0 Å². The fourth-order valence-corrected chi connectivity index (χ4v) is 4.77. The molecular weight excluding hydrogens is 404 g/mol. The van der Waals surface area contributed by atoms with E-state index >= 15 is 0 Å². The predicted molar refractivity (Wildman–Crippen MR) is 127 cm³/mol. The number of carbonyl (C=O) groups is 1. The number of pyridine rings is 1. The molecule has 2 aromatic heterocycles. The van der Waals surface area contributed by atoms with Crippen molar-refractivity contribution >= 4 is 22.4 Å². The van der Waals surface area contributed by atoms with Crippen LogP contribution in [0.4, 0.5) is 5.13 Å². The van der Waals surface area contributed by atoms with E-state index in [1.807, 2.05) is 36.5 Å². The lowest BCUT2D eigenvalue weighted by Gasteiger charge is -2.23. The van der Waals surface area contributed by atoms with Crippen LogP contribution in [-0.4, -0.2) is 27.3 Å². The summed E-state index contributed by atoms with van der Waals surface area (Å²) in [4.78, 5) is 24.4. The first-order valence-corrected chi connectivity index (χ1v) is 11.7. The summed E-state index contributed by atoms with van der Waals surface area (Å²) in [7, 11) is 0. The first-order chi connectivity index (χ1) is 14.8. The molecule has 162 valence electrons. The summed E-state index contributed by atoms with van der Waals surface area (Å²) >= 11 is 1.49. The molecule has 1 amide bonds. The number of hydrogen-bond donors (Lipinski definition) is 1. The van der Waals surface area contributed by atoms with Crippen molar-refractivity contribution < 1.29 is 4.79 Å². The van der Waals surface area contributed by atoms with E-state index < -0.39 is 0 Å². The van der Waals surface area contributed by atoms with Gasteiger partial charge >= 0.3 is 0 Å². The molecule has 1 saturated heterocycles. The molecule has 0 spiro atoms. The number of benzene rings is 1. The van der Waals surface area contributed by atoms with Gasteiger partial charge in [-0.3, -0.25) is 20.0 Å². The minimum absolute atomic E-state index is 0.0696. The molecule has 31 heavy (non-hydrogen) atoms. The molecule has 3 heterocycles. The van der Waals surface area contributed by atoms with Crippen LogP contribution in [0.25, 0.3) is 0 Å². The van der Waals surface area contributed by atoms with Crippen molar-refractivity contribution in [3.05, 3.63) is 76.1 Å². The zero-order valence-electron chi connectivity index (χ0n) is 18.7. The minimum Gasteiger partial charge on any atom is -0.298 e. The van der Waals surface area contributed by atoms with Gasteiger partial charge in [-0.25, -0.2) is 4.98 Å². The van der Waals surface area contributed by atoms with E-state index in [4.69, 9.17) is 4.98 Å². The second-order valence-electron chi connectivity index (χ2n) is 9.25. The first kappa shape index (κ1) is 21.7. The monoisotopic (exact) mass is 434 g/mol. The number of aryl methyl sites for hydroxylation is 1. The summed E-state index contributed by atoms with van der Waals surface area (Å²) < 4.78 is 0. The number of carbonyl (C=O) groups excluding carboxylic acids is 1. The maximum Gasteiger partial charge on any atom is 0.257 e. The molecule has 0 radical (unpaired) electrons. The largest absolute Gasteiger partial charge is 0.298 e. The molecule has 4 rings (SSSR count). The number of hydrogen-bond acceptors (Lipinski definition) is 5. The lowest BCUT2D eigenvalue weighted by Crippen LogP contribution is -2.24. The SMILES string of the molecule is Cc1cccnc1CN1CCC[C@H]1c1csc(NC(=O)c2ccc(C(C)(C)C)cc2)n1. The van der Waals surface area contributed by atoms with Crippen molar-refractivity contribution in [2.45, 2.75) is 58.5 Å². The lowest BCUT2D eigenvalue weighted by molar-refractivity contribution is 0.102. The van der Waals surface area contributed by atoms with Gasteiger partial charge in [0.15, 0.2) is 5.13 Å². The number of thiazole rings is 1. The second-order valence-corrected chi connectivity index (χ2v) is 10.1. The van der Waals surface area contributed by atoms with E-state index in [0.29, 0.717) is 10.7 Å². The molecule has 6 heteroatoms. The average molecular weight is 435 g/mol. The first-order valence-electron chi connectivity index (χ1n) is 10.8. The van der Waals surface area contributed by atoms with E-state index in [2.05, 4.69) is 54.3 Å². The van der Waals surface area contributed by atoms with Gasteiger partial charge < -0.3 is 0 Å². The van der Waals surface area contributed by atoms with Crippen LogP contribution >= 0.6 is 11.3 Å². The number of aromatic nitrogens is 2. The highest BCUT2D eigenvalue weighted by Crippen LogP contribution is 2.35. The quantitative estimate of drug-likeness (QED) is 0.557. The zero-order valence-corrected chi connectivity index (χ0v) is 19.5. The Kier molecular flexibility index (Phi) is 6.21. The second kappa shape index (κ2) is 8.89. The van der Waals surface area contributed by atoms with Gasteiger partial charge in [0.2, 0.25) is 0 Å². The highest BCUT2D eigenvalue weighted by Gasteiger charge is 2.28. The Morgan fingerprint density at radius 3 is 2.71 bits per heavy atom. The summed E-state index contributed by atoms with van der Waals surface area (Å²) in [6.45, 7) is 10.5. The predicted octanol–water partition coefficient (Wildman–Crippen LogP) is 5.73. The number of amides is 1. The highest BCUT2D eigenvalue weighted by molar-refractivity contribution is 7.14. The van der Waals surface area contributed by atoms with E-state index in [0.717, 1.165) is 37.3 Å². The molecule has 0 bridgehead atoms. The van der Waals surface area contributed by atoms with Crippen LogP contribution in [0.2, 0.25) is 0 Å². The van der Waals surface area contributed by atoms with Crippen LogP contribution in [0, 0.1) is 6.92 Å². The highest BCUT2D eigenvalue weighted by atomic mass is 32.1. The van der Waals surface area contributed by atoms with E-state index in [9.17, 15) is 4.79 Å². The van der Waals surface area contributed by atoms with Crippen LogP contribution in [0.3, 0.4) is 0 Å². The molecule has 3 aromatic rings. The number of nitrogens with zero attached hydrogens (tertiary/aromatic N) is 3. The van der Waals surface area contributed by atoms with Gasteiger partial charge in [0, 0.05) is 23.7 Å². The molecule has 1 N–H and O–H groups in total. The normalized spacial score (nSPS) is 17.1. The summed E-state index contributed by atoms with van der Waals surface area (Å²) in [5.41, 5.74) is 5.31. The third kappa shape index (κ3) is 5.02. The summed E-state index contributed by atoms with van der Waals surface area (Å²) in [5, 5.41) is 5.70. The van der Waals surface area contributed by atoms with Gasteiger partial charge in [-0.1, -0.05) is 39.0 Å². The van der Waals surface area contributed by atoms with Crippen molar-refractivity contribution in [1.82, 2.24) is 14.9 Å². The zero-order chi connectivity index (χ0) is 22.0. The summed E-state index contributed by atoms with van der Waals surface area (Å²) in [6.07, 6.45) is 4.09. The Bertz CT molecular complexity index is 1050. The summed E-state index contributed by atoms with van der Waals surface area (Å²) in [5.74, 6) is -0.117. The molecule has 0 aliphatic carbocycles. The smallest absolute Gasteiger partial charge is 0.257 e. The van der Waals surface area contributed by atoms with Crippen molar-refractivity contribution in [1.29, 1.82) is 0 Å². The van der Waals surface area contributed by atoms with E-state index in [-0.39, 0.29) is 17.4 Å². The number of rotatable bonds is 5. The van der Waals surface area contributed by atoms with E-state index in [1.54, 1.807) is 0 Å². The Balaban J connectivity index is 1.43. The van der Waals surface area contributed by atoms with Gasteiger partial charge in [0.05, 0.1) is 17.4 Å². The Labute approximate surface area is 188 Å². The molecular formula is C25H30N4OS. The number of anilines is 1. The van der Waals surface area contributed by atoms with Crippen molar-refractivity contribution in [2.24, 2.45) is 0 Å². The van der Waals surface area contributed by atoms with Crippen LogP contribution in [0.1, 0.15) is 72.5 Å². The molecule has 5 nitrogen and oxygen atoms in total. The molecule has 1 aliphatic rings. The van der Waals surface area contributed by atoms with Gasteiger partial charge in [0.25, 0.3) is 5.91 Å². The molecule has 1 aliphatic heterocycles. The Morgan fingerprint density at radius 2 is 2.00 bits per heavy atom. The molecule has 1 atom stereocenters. The fourth-order valence-electron chi connectivity index (χ4n) is 4.01. The topological polar surface area (TPSA) is 58.1 Å². The lowest BCUT2D eigenvalue weighted by atomic mass is 9.87. The van der Waals surface area contributed by atoms with Crippen LogP contribution in [0.5, 0.6) is 0 Å². The van der Waals surface area contributed by atoms with Crippen LogP contribution < -0.4 is 5.32 Å². The average Bonchev–Trinajstić information content (AvgIpc) is 3.38. The van der Waals surface area contributed by atoms with Crippen molar-refractivity contribution in [3.63, 3.8) is 0 Å². The third-order valence-corrected chi connectivity index (χ3v) is 6.71. The van der Waals surface area contributed by atoms with Crippen LogP contribution in [-0.2, 0) is 12.0 Å². The molecule has 1 fully saturated rings. The van der Waals surface area contributed by atoms with Gasteiger partial charge in [-0.05, 0) is 61.1 Å². The maximum absolute atomic E-state index is 12.7. The van der Waals surface area contributed by atoms with Gasteiger partial charge in [-0.15, -0.1) is 11.3 Å². The summed E-state index contributed by atoms with van der Waals surface area (Å²) in [6, 6.07) is 12.2. The maximum atomic E-state index is 12.7. The number of likely N-dealkylation sites (tertiary alicyclic amines) is 1. The van der Waals surface area contributed by atoms with Gasteiger partial charge in [0.1, 0.15) is 0 Å². The van der Waals surface area contributed by atoms with Crippen molar-refractivity contribution in [3.8, 4) is 0 Å². The fraction of sp³-hybridized carbons (Fsp3) is 0.400. The minimum atomic E-state index is -0.117. The standard InChI is InChI=1S/C25H30N4OS/c1-17-7-5-13-26-20(17)15-29-14-6-8-22(29)21-16-31-24(27-21)28-23(30)18-9-11-19(12-10-18)25(2,3)4/h5,7,9-13,16,22H,6,8,14-15H2,1-4H3,(H,27,28,30)/t22-/m0/s1. The third-order valence-electron chi connectivity index (χ3n) is 5.93. The molecule has 1 aromatic carbocycles.